The van der Waals surface area contributed by atoms with Crippen LogP contribution in [-0.2, 0) is 0 Å². The quantitative estimate of drug-likeness (QED) is 0.516. The molecule has 6 heteroatoms. The lowest BCUT2D eigenvalue weighted by Gasteiger charge is -2.00. The minimum absolute atomic E-state index is 0.692. The van der Waals surface area contributed by atoms with Gasteiger partial charge in [-0.05, 0) is 6.92 Å². The van der Waals surface area contributed by atoms with Crippen molar-refractivity contribution in [3.63, 3.8) is 0 Å². The fourth-order valence-corrected chi connectivity index (χ4v) is 2.18. The van der Waals surface area contributed by atoms with Crippen LogP contribution in [0.25, 0.3) is 22.8 Å². The molecular formula is C13H10N6. The van der Waals surface area contributed by atoms with Crippen molar-refractivity contribution < 1.29 is 0 Å². The molecule has 0 aliphatic rings. The average Bonchev–Trinajstić information content (AvgIpc) is 3.01. The molecule has 92 valence electrons. The molecule has 0 saturated heterocycles. The SMILES string of the molecule is Cc1cn2ncc3nnc(-c4ccccc4)n3c2n1. The number of nitrogens with zero attached hydrogens (tertiary/aromatic N) is 6. The summed E-state index contributed by atoms with van der Waals surface area (Å²) in [6.45, 7) is 1.94. The third-order valence-corrected chi connectivity index (χ3v) is 3.01. The highest BCUT2D eigenvalue weighted by molar-refractivity contribution is 5.62. The van der Waals surface area contributed by atoms with E-state index in [0.717, 1.165) is 22.9 Å². The number of rotatable bonds is 1. The normalized spacial score (nSPS) is 11.4. The molecule has 0 radical (unpaired) electrons. The number of aromatic nitrogens is 6. The van der Waals surface area contributed by atoms with E-state index in [1.165, 1.54) is 0 Å². The first-order valence-electron chi connectivity index (χ1n) is 5.94. The van der Waals surface area contributed by atoms with Gasteiger partial charge in [0.2, 0.25) is 5.78 Å². The van der Waals surface area contributed by atoms with Gasteiger partial charge >= 0.3 is 0 Å². The fourth-order valence-electron chi connectivity index (χ4n) is 2.18. The van der Waals surface area contributed by atoms with Crippen molar-refractivity contribution in [2.75, 3.05) is 0 Å². The fraction of sp³-hybridized carbons (Fsp3) is 0.0769. The molecule has 19 heavy (non-hydrogen) atoms. The van der Waals surface area contributed by atoms with Crippen LogP contribution in [0.3, 0.4) is 0 Å². The summed E-state index contributed by atoms with van der Waals surface area (Å²) in [5, 5.41) is 12.7. The molecular weight excluding hydrogens is 240 g/mol. The average molecular weight is 250 g/mol. The summed E-state index contributed by atoms with van der Waals surface area (Å²) in [7, 11) is 0. The molecule has 3 aromatic heterocycles. The molecule has 0 fully saturated rings. The van der Waals surface area contributed by atoms with Gasteiger partial charge in [-0.15, -0.1) is 10.2 Å². The second-order valence-electron chi connectivity index (χ2n) is 4.35. The Labute approximate surface area is 108 Å². The Morgan fingerprint density at radius 2 is 1.89 bits per heavy atom. The number of hydrogen-bond donors (Lipinski definition) is 0. The zero-order valence-corrected chi connectivity index (χ0v) is 10.2. The number of imidazole rings is 1. The van der Waals surface area contributed by atoms with Gasteiger partial charge in [-0.2, -0.15) is 5.10 Å². The molecule has 0 aliphatic heterocycles. The standard InChI is InChI=1S/C13H10N6/c1-9-8-18-13(15-9)19-11(7-14-18)16-17-12(19)10-5-3-2-4-6-10/h2-8H,1H3. The van der Waals surface area contributed by atoms with Crippen LogP contribution < -0.4 is 0 Å². The first kappa shape index (κ1) is 10.2. The Kier molecular flexibility index (Phi) is 1.94. The van der Waals surface area contributed by atoms with Crippen molar-refractivity contribution in [3.05, 3.63) is 48.4 Å². The molecule has 1 aromatic carbocycles. The molecule has 0 bridgehead atoms. The summed E-state index contributed by atoms with van der Waals surface area (Å²) in [5.74, 6) is 1.49. The van der Waals surface area contributed by atoms with Crippen LogP contribution in [0.15, 0.2) is 42.7 Å². The van der Waals surface area contributed by atoms with E-state index in [0.29, 0.717) is 5.65 Å². The Bertz CT molecular complexity index is 874. The third kappa shape index (κ3) is 1.43. The summed E-state index contributed by atoms with van der Waals surface area (Å²) < 4.78 is 3.65. The monoisotopic (exact) mass is 250 g/mol. The second kappa shape index (κ2) is 3.61. The first-order valence-corrected chi connectivity index (χ1v) is 5.94. The molecule has 0 spiro atoms. The molecule has 3 heterocycles. The van der Waals surface area contributed by atoms with Crippen molar-refractivity contribution in [2.24, 2.45) is 0 Å². The molecule has 0 amide bonds. The summed E-state index contributed by atoms with van der Waals surface area (Å²) in [6, 6.07) is 9.94. The summed E-state index contributed by atoms with van der Waals surface area (Å²) >= 11 is 0. The minimum atomic E-state index is 0.692. The van der Waals surface area contributed by atoms with Crippen LogP contribution in [0.1, 0.15) is 5.69 Å². The van der Waals surface area contributed by atoms with E-state index in [1.54, 1.807) is 10.7 Å². The predicted molar refractivity (Wildman–Crippen MR) is 69.7 cm³/mol. The van der Waals surface area contributed by atoms with Gasteiger partial charge in [-0.25, -0.2) is 13.9 Å². The van der Waals surface area contributed by atoms with Crippen LogP contribution in [0.4, 0.5) is 0 Å². The second-order valence-corrected chi connectivity index (χ2v) is 4.35. The molecule has 0 saturated carbocycles. The van der Waals surface area contributed by atoms with Gasteiger partial charge in [-0.3, -0.25) is 0 Å². The van der Waals surface area contributed by atoms with E-state index in [1.807, 2.05) is 47.9 Å². The van der Waals surface area contributed by atoms with Crippen LogP contribution in [0.5, 0.6) is 0 Å². The van der Waals surface area contributed by atoms with Crippen molar-refractivity contribution in [2.45, 2.75) is 6.92 Å². The Morgan fingerprint density at radius 3 is 2.74 bits per heavy atom. The molecule has 0 unspecified atom stereocenters. The van der Waals surface area contributed by atoms with Gasteiger partial charge in [0.1, 0.15) is 0 Å². The highest BCUT2D eigenvalue weighted by Gasteiger charge is 2.12. The van der Waals surface area contributed by atoms with E-state index < -0.39 is 0 Å². The Balaban J connectivity index is 2.14. The van der Waals surface area contributed by atoms with E-state index in [-0.39, 0.29) is 0 Å². The lowest BCUT2D eigenvalue weighted by molar-refractivity contribution is 0.893. The maximum absolute atomic E-state index is 4.48. The topological polar surface area (TPSA) is 60.4 Å². The molecule has 0 N–H and O–H groups in total. The van der Waals surface area contributed by atoms with E-state index in [9.17, 15) is 0 Å². The summed E-state index contributed by atoms with van der Waals surface area (Å²) in [6.07, 6.45) is 3.57. The van der Waals surface area contributed by atoms with Crippen molar-refractivity contribution in [3.8, 4) is 11.4 Å². The van der Waals surface area contributed by atoms with Gasteiger partial charge in [0.25, 0.3) is 0 Å². The van der Waals surface area contributed by atoms with Gasteiger partial charge in [0.15, 0.2) is 11.5 Å². The number of benzene rings is 1. The minimum Gasteiger partial charge on any atom is -0.241 e. The lowest BCUT2D eigenvalue weighted by atomic mass is 10.2. The van der Waals surface area contributed by atoms with Gasteiger partial charge in [-0.1, -0.05) is 30.3 Å². The Morgan fingerprint density at radius 1 is 1.05 bits per heavy atom. The van der Waals surface area contributed by atoms with E-state index >= 15 is 0 Å². The molecule has 6 nitrogen and oxygen atoms in total. The zero-order chi connectivity index (χ0) is 12.8. The largest absolute Gasteiger partial charge is 0.241 e. The molecule has 4 rings (SSSR count). The summed E-state index contributed by atoms with van der Waals surface area (Å²) in [4.78, 5) is 4.48. The maximum atomic E-state index is 4.48. The van der Waals surface area contributed by atoms with Crippen LogP contribution in [-0.4, -0.2) is 29.2 Å². The smallest absolute Gasteiger partial charge is 0.238 e. The number of hydrogen-bond acceptors (Lipinski definition) is 4. The van der Waals surface area contributed by atoms with Crippen molar-refractivity contribution >= 4 is 11.4 Å². The molecule has 4 aromatic rings. The first-order chi connectivity index (χ1) is 9.33. The van der Waals surface area contributed by atoms with E-state index in [2.05, 4.69) is 20.3 Å². The van der Waals surface area contributed by atoms with Gasteiger partial charge in [0.05, 0.1) is 18.1 Å². The number of fused-ring (bicyclic) bond motifs is 3. The van der Waals surface area contributed by atoms with Gasteiger partial charge < -0.3 is 0 Å². The third-order valence-electron chi connectivity index (χ3n) is 3.01. The highest BCUT2D eigenvalue weighted by atomic mass is 15.4. The van der Waals surface area contributed by atoms with E-state index in [4.69, 9.17) is 0 Å². The molecule has 0 atom stereocenters. The van der Waals surface area contributed by atoms with Crippen molar-refractivity contribution in [1.82, 2.24) is 29.2 Å². The number of aryl methyl sites for hydroxylation is 1. The van der Waals surface area contributed by atoms with Crippen LogP contribution in [0.2, 0.25) is 0 Å². The zero-order valence-electron chi connectivity index (χ0n) is 10.2. The Hall–Kier alpha value is -2.76. The lowest BCUT2D eigenvalue weighted by Crippen LogP contribution is -1.99. The van der Waals surface area contributed by atoms with Crippen LogP contribution >= 0.6 is 0 Å². The summed E-state index contributed by atoms with van der Waals surface area (Å²) in [5.41, 5.74) is 2.61. The molecule has 0 aliphatic carbocycles. The highest BCUT2D eigenvalue weighted by Crippen LogP contribution is 2.19. The maximum Gasteiger partial charge on any atom is 0.238 e. The van der Waals surface area contributed by atoms with Gasteiger partial charge in [0, 0.05) is 5.56 Å². The predicted octanol–water partition coefficient (Wildman–Crippen LogP) is 1.75. The van der Waals surface area contributed by atoms with Crippen molar-refractivity contribution in [1.29, 1.82) is 0 Å². The van der Waals surface area contributed by atoms with Crippen LogP contribution in [0, 0.1) is 6.92 Å².